The van der Waals surface area contributed by atoms with Crippen LogP contribution in [0.15, 0.2) is 35.6 Å². The number of nitrogens with zero attached hydrogens (tertiary/aromatic N) is 3. The van der Waals surface area contributed by atoms with Crippen molar-refractivity contribution in [1.82, 2.24) is 14.5 Å². The van der Waals surface area contributed by atoms with Gasteiger partial charge in [-0.1, -0.05) is 32.0 Å². The van der Waals surface area contributed by atoms with Gasteiger partial charge < -0.3 is 14.2 Å². The van der Waals surface area contributed by atoms with Crippen LogP contribution in [0.1, 0.15) is 50.8 Å². The summed E-state index contributed by atoms with van der Waals surface area (Å²) in [6.07, 6.45) is 5.40. The molecule has 0 N–H and O–H groups in total. The quantitative estimate of drug-likeness (QED) is 0.523. The minimum Gasteiger partial charge on any atom is -0.376 e. The van der Waals surface area contributed by atoms with Gasteiger partial charge >= 0.3 is 0 Å². The predicted molar refractivity (Wildman–Crippen MR) is 121 cm³/mol. The lowest BCUT2D eigenvalue weighted by molar-refractivity contribution is -0.135. The van der Waals surface area contributed by atoms with Gasteiger partial charge in [0.15, 0.2) is 0 Å². The Labute approximate surface area is 194 Å². The van der Waals surface area contributed by atoms with Gasteiger partial charge in [0.05, 0.1) is 36.8 Å². The number of benzene rings is 1. The monoisotopic (exact) mass is 477 g/mol. The van der Waals surface area contributed by atoms with Crippen LogP contribution >= 0.6 is 0 Å². The number of sulfone groups is 1. The zero-order valence-corrected chi connectivity index (χ0v) is 20.1. The molecule has 0 spiro atoms. The SMILES string of the molecule is CC(C)C(=O)N(Cc1cnc(S(=O)(=O)Cc2ccccc2F)n1C[C@@H]1CCCO1)CC1CC1. The van der Waals surface area contributed by atoms with Crippen molar-refractivity contribution < 1.29 is 22.3 Å². The highest BCUT2D eigenvalue weighted by Crippen LogP contribution is 2.31. The first-order valence-electron chi connectivity index (χ1n) is 11.7. The van der Waals surface area contributed by atoms with Crippen molar-refractivity contribution in [2.24, 2.45) is 11.8 Å². The molecular formula is C24H32FN3O4S. The maximum Gasteiger partial charge on any atom is 0.228 e. The van der Waals surface area contributed by atoms with Crippen LogP contribution in [-0.4, -0.2) is 48.0 Å². The summed E-state index contributed by atoms with van der Waals surface area (Å²) in [6, 6.07) is 5.87. The smallest absolute Gasteiger partial charge is 0.228 e. The van der Waals surface area contributed by atoms with Gasteiger partial charge in [0.25, 0.3) is 0 Å². The average molecular weight is 478 g/mol. The molecule has 180 valence electrons. The van der Waals surface area contributed by atoms with E-state index in [2.05, 4.69) is 4.98 Å². The van der Waals surface area contributed by atoms with Gasteiger partial charge in [0.1, 0.15) is 5.82 Å². The second kappa shape index (κ2) is 9.93. The molecule has 1 aromatic carbocycles. The molecule has 0 radical (unpaired) electrons. The van der Waals surface area contributed by atoms with Gasteiger partial charge in [-0.2, -0.15) is 0 Å². The summed E-state index contributed by atoms with van der Waals surface area (Å²) >= 11 is 0. The van der Waals surface area contributed by atoms with E-state index in [9.17, 15) is 17.6 Å². The van der Waals surface area contributed by atoms with Crippen molar-refractivity contribution in [3.05, 3.63) is 47.5 Å². The highest BCUT2D eigenvalue weighted by atomic mass is 32.2. The number of hydrogen-bond acceptors (Lipinski definition) is 5. The van der Waals surface area contributed by atoms with Crippen LogP contribution in [0, 0.1) is 17.7 Å². The molecule has 4 rings (SSSR count). The average Bonchev–Trinajstić information content (AvgIpc) is 3.26. The maximum atomic E-state index is 14.2. The number of carbonyl (C=O) groups is 1. The Bertz CT molecular complexity index is 1090. The van der Waals surface area contributed by atoms with Crippen molar-refractivity contribution >= 4 is 15.7 Å². The predicted octanol–water partition coefficient (Wildman–Crippen LogP) is 3.57. The van der Waals surface area contributed by atoms with Crippen LogP contribution in [0.25, 0.3) is 0 Å². The summed E-state index contributed by atoms with van der Waals surface area (Å²) in [5.41, 5.74) is 0.767. The van der Waals surface area contributed by atoms with Crippen LogP contribution in [0.4, 0.5) is 4.39 Å². The standard InChI is InChI=1S/C24H32FN3O4S/c1-17(2)23(29)27(13-18-9-10-18)14-20-12-26-24(28(20)15-21-7-5-11-32-21)33(30,31)16-19-6-3-4-8-22(19)25/h3-4,6,8,12,17-18,21H,5,7,9-11,13-16H2,1-2H3/t21-/m0/s1. The van der Waals surface area contributed by atoms with Gasteiger partial charge in [-0.15, -0.1) is 0 Å². The van der Waals surface area contributed by atoms with E-state index in [0.29, 0.717) is 37.9 Å². The molecule has 0 unspecified atom stereocenters. The fraction of sp³-hybridized carbons (Fsp3) is 0.583. The second-order valence-corrected chi connectivity index (χ2v) is 11.3. The van der Waals surface area contributed by atoms with E-state index in [1.165, 1.54) is 24.4 Å². The largest absolute Gasteiger partial charge is 0.376 e. The fourth-order valence-electron chi connectivity index (χ4n) is 4.24. The molecule has 2 aliphatic rings. The van der Waals surface area contributed by atoms with Crippen molar-refractivity contribution in [2.45, 2.75) is 69.6 Å². The Morgan fingerprint density at radius 2 is 2.03 bits per heavy atom. The van der Waals surface area contributed by atoms with Crippen molar-refractivity contribution in [3.8, 4) is 0 Å². The lowest BCUT2D eigenvalue weighted by atomic mass is 10.1. The Morgan fingerprint density at radius 1 is 1.27 bits per heavy atom. The number of rotatable bonds is 10. The van der Waals surface area contributed by atoms with E-state index in [1.807, 2.05) is 18.7 Å². The first kappa shape index (κ1) is 23.9. The third-order valence-electron chi connectivity index (χ3n) is 6.23. The number of imidazole rings is 1. The van der Waals surface area contributed by atoms with Crippen LogP contribution in [-0.2, 0) is 38.2 Å². The maximum absolute atomic E-state index is 14.2. The van der Waals surface area contributed by atoms with E-state index in [4.69, 9.17) is 4.74 Å². The Hall–Kier alpha value is -2.26. The lowest BCUT2D eigenvalue weighted by Gasteiger charge is -2.26. The minimum atomic E-state index is -3.92. The molecule has 2 heterocycles. The second-order valence-electron chi connectivity index (χ2n) is 9.45. The minimum absolute atomic E-state index is 0.0440. The topological polar surface area (TPSA) is 81.5 Å². The molecule has 1 aromatic heterocycles. The Kier molecular flexibility index (Phi) is 7.19. The lowest BCUT2D eigenvalue weighted by Crippen LogP contribution is -2.36. The van der Waals surface area contributed by atoms with Gasteiger partial charge in [-0.05, 0) is 37.7 Å². The summed E-state index contributed by atoms with van der Waals surface area (Å²) in [6.45, 7) is 5.69. The Balaban J connectivity index is 1.65. The molecule has 1 aliphatic heterocycles. The van der Waals surface area contributed by atoms with Crippen molar-refractivity contribution in [2.75, 3.05) is 13.2 Å². The molecule has 1 amide bonds. The molecule has 1 saturated heterocycles. The molecule has 9 heteroatoms. The highest BCUT2D eigenvalue weighted by Gasteiger charge is 2.31. The molecule has 0 bridgehead atoms. The fourth-order valence-corrected chi connectivity index (χ4v) is 5.76. The van der Waals surface area contributed by atoms with E-state index in [1.54, 1.807) is 10.6 Å². The summed E-state index contributed by atoms with van der Waals surface area (Å²) < 4.78 is 48.2. The number of hydrogen-bond donors (Lipinski definition) is 0. The van der Waals surface area contributed by atoms with E-state index in [-0.39, 0.29) is 28.6 Å². The van der Waals surface area contributed by atoms with Gasteiger partial charge in [0, 0.05) is 24.6 Å². The molecule has 7 nitrogen and oxygen atoms in total. The summed E-state index contributed by atoms with van der Waals surface area (Å²) in [5.74, 6) is -0.633. The van der Waals surface area contributed by atoms with Crippen LogP contribution in [0.5, 0.6) is 0 Å². The third-order valence-corrected chi connectivity index (χ3v) is 7.80. The normalized spacial score (nSPS) is 18.7. The highest BCUT2D eigenvalue weighted by molar-refractivity contribution is 7.90. The molecule has 2 fully saturated rings. The Morgan fingerprint density at radius 3 is 2.67 bits per heavy atom. The molecule has 33 heavy (non-hydrogen) atoms. The van der Waals surface area contributed by atoms with Gasteiger partial charge in [0.2, 0.25) is 20.9 Å². The molecule has 1 saturated carbocycles. The summed E-state index contributed by atoms with van der Waals surface area (Å²) in [4.78, 5) is 18.9. The first-order valence-corrected chi connectivity index (χ1v) is 13.3. The van der Waals surface area contributed by atoms with E-state index >= 15 is 0 Å². The van der Waals surface area contributed by atoms with Crippen molar-refractivity contribution in [1.29, 1.82) is 0 Å². The molecule has 1 atom stereocenters. The molecule has 1 aliphatic carbocycles. The molecular weight excluding hydrogens is 445 g/mol. The van der Waals surface area contributed by atoms with Crippen LogP contribution < -0.4 is 0 Å². The van der Waals surface area contributed by atoms with Crippen molar-refractivity contribution in [3.63, 3.8) is 0 Å². The van der Waals surface area contributed by atoms with Crippen LogP contribution in [0.3, 0.4) is 0 Å². The number of carbonyl (C=O) groups excluding carboxylic acids is 1. The van der Waals surface area contributed by atoms with E-state index in [0.717, 1.165) is 25.7 Å². The summed E-state index contributed by atoms with van der Waals surface area (Å²) in [5, 5.41) is -0.0976. The number of amides is 1. The molecule has 2 aromatic rings. The van der Waals surface area contributed by atoms with Gasteiger partial charge in [-0.25, -0.2) is 17.8 Å². The number of ether oxygens (including phenoxy) is 1. The number of aromatic nitrogens is 2. The zero-order valence-electron chi connectivity index (χ0n) is 19.2. The zero-order chi connectivity index (χ0) is 23.6. The first-order chi connectivity index (χ1) is 15.7. The van der Waals surface area contributed by atoms with E-state index < -0.39 is 21.4 Å². The summed E-state index contributed by atoms with van der Waals surface area (Å²) in [7, 11) is -3.92. The third kappa shape index (κ3) is 5.81. The number of halogens is 1. The van der Waals surface area contributed by atoms with Gasteiger partial charge in [-0.3, -0.25) is 4.79 Å². The van der Waals surface area contributed by atoms with Crippen LogP contribution in [0.2, 0.25) is 0 Å².